The number of hydrogen-bond donors (Lipinski definition) is 1. The number of ether oxygens (including phenoxy) is 4. The number of nitrogens with one attached hydrogen (secondary N) is 1. The second-order valence-electron chi connectivity index (χ2n) is 8.17. The van der Waals surface area contributed by atoms with Crippen LogP contribution in [0.5, 0.6) is 11.5 Å². The minimum Gasteiger partial charge on any atom is -0.497 e. The van der Waals surface area contributed by atoms with Gasteiger partial charge in [-0.25, -0.2) is 4.79 Å². The maximum absolute atomic E-state index is 12.3. The summed E-state index contributed by atoms with van der Waals surface area (Å²) in [5, 5.41) is 2.60. The van der Waals surface area contributed by atoms with Crippen molar-refractivity contribution in [3.63, 3.8) is 0 Å². The van der Waals surface area contributed by atoms with E-state index in [1.165, 1.54) is 44.6 Å². The van der Waals surface area contributed by atoms with Crippen LogP contribution in [0.2, 0.25) is 0 Å². The molecule has 0 bridgehead atoms. The van der Waals surface area contributed by atoms with Crippen LogP contribution in [0.25, 0.3) is 0 Å². The van der Waals surface area contributed by atoms with Crippen molar-refractivity contribution in [2.45, 2.75) is 12.8 Å². The first-order valence-corrected chi connectivity index (χ1v) is 11.9. The molecule has 0 radical (unpaired) electrons. The predicted octanol–water partition coefficient (Wildman–Crippen LogP) is 3.89. The smallest absolute Gasteiger partial charge is 0.338 e. The Balaban J connectivity index is 1.38. The zero-order valence-electron chi connectivity index (χ0n) is 21.4. The maximum Gasteiger partial charge on any atom is 0.338 e. The molecule has 0 atom stereocenters. The summed E-state index contributed by atoms with van der Waals surface area (Å²) in [5.41, 5.74) is 1.32. The molecule has 0 spiro atoms. The average Bonchev–Trinajstić information content (AvgIpc) is 2.97. The fourth-order valence-corrected chi connectivity index (χ4v) is 3.30. The molecule has 0 heterocycles. The molecule has 10 nitrogen and oxygen atoms in total. The van der Waals surface area contributed by atoms with Crippen LogP contribution in [0, 0.1) is 0 Å². The molecule has 0 saturated heterocycles. The van der Waals surface area contributed by atoms with Crippen LogP contribution in [0.15, 0.2) is 72.8 Å². The van der Waals surface area contributed by atoms with Gasteiger partial charge < -0.3 is 24.3 Å². The molecule has 39 heavy (non-hydrogen) atoms. The van der Waals surface area contributed by atoms with Gasteiger partial charge >= 0.3 is 11.9 Å². The number of amides is 1. The van der Waals surface area contributed by atoms with Crippen molar-refractivity contribution in [1.82, 2.24) is 0 Å². The minimum atomic E-state index is -0.694. The number of methoxy groups -OCH3 is 2. The predicted molar refractivity (Wildman–Crippen MR) is 140 cm³/mol. The minimum absolute atomic E-state index is 0.163. The SMILES string of the molecule is COc1ccc(C(=O)COC(=O)c2ccc(NC(=O)CCC(=O)OCC(=O)c3cccc(OC)c3)cc2)cc1. The number of rotatable bonds is 13. The molecule has 3 aromatic carbocycles. The highest BCUT2D eigenvalue weighted by atomic mass is 16.5. The monoisotopic (exact) mass is 533 g/mol. The van der Waals surface area contributed by atoms with Gasteiger partial charge in [-0.3, -0.25) is 19.2 Å². The highest BCUT2D eigenvalue weighted by Crippen LogP contribution is 2.15. The summed E-state index contributed by atoms with van der Waals surface area (Å²) in [6.07, 6.45) is -0.382. The van der Waals surface area contributed by atoms with Gasteiger partial charge in [0, 0.05) is 23.2 Å². The third-order valence-corrected chi connectivity index (χ3v) is 5.46. The molecule has 1 N–H and O–H groups in total. The summed E-state index contributed by atoms with van der Waals surface area (Å²) in [5.74, 6) is -1.48. The van der Waals surface area contributed by atoms with Crippen LogP contribution in [0.4, 0.5) is 5.69 Å². The zero-order valence-corrected chi connectivity index (χ0v) is 21.4. The van der Waals surface area contributed by atoms with E-state index in [1.807, 2.05) is 0 Å². The summed E-state index contributed by atoms with van der Waals surface area (Å²) in [7, 11) is 3.00. The van der Waals surface area contributed by atoms with Gasteiger partial charge in [-0.05, 0) is 60.7 Å². The Bertz CT molecular complexity index is 1330. The molecule has 0 unspecified atom stereocenters. The zero-order chi connectivity index (χ0) is 28.2. The Labute approximate surface area is 224 Å². The number of esters is 2. The van der Waals surface area contributed by atoms with E-state index in [0.717, 1.165) is 0 Å². The van der Waals surface area contributed by atoms with Crippen LogP contribution in [-0.2, 0) is 19.1 Å². The van der Waals surface area contributed by atoms with Crippen LogP contribution >= 0.6 is 0 Å². The molecule has 0 aliphatic heterocycles. The second kappa shape index (κ2) is 14.1. The Morgan fingerprint density at radius 3 is 1.92 bits per heavy atom. The molecule has 0 aromatic heterocycles. The first kappa shape index (κ1) is 28.6. The Morgan fingerprint density at radius 2 is 1.26 bits per heavy atom. The van der Waals surface area contributed by atoms with Crippen LogP contribution < -0.4 is 14.8 Å². The van der Waals surface area contributed by atoms with Gasteiger partial charge in [0.15, 0.2) is 24.8 Å². The molecule has 3 aromatic rings. The Morgan fingerprint density at radius 1 is 0.641 bits per heavy atom. The molecule has 3 rings (SSSR count). The number of carbonyl (C=O) groups is 5. The van der Waals surface area contributed by atoms with E-state index in [2.05, 4.69) is 5.32 Å². The van der Waals surface area contributed by atoms with Crippen molar-refractivity contribution in [1.29, 1.82) is 0 Å². The topological polar surface area (TPSA) is 134 Å². The van der Waals surface area contributed by atoms with Crippen molar-refractivity contribution in [3.8, 4) is 11.5 Å². The average molecular weight is 534 g/mol. The standard InChI is InChI=1S/C29H27NO9/c1-36-23-12-8-19(9-13-23)25(31)18-39-29(35)20-6-10-22(11-7-20)30-27(33)14-15-28(34)38-17-26(32)21-4-3-5-24(16-21)37-2/h3-13,16H,14-15,17-18H2,1-2H3,(H,30,33). The van der Waals surface area contributed by atoms with Crippen LogP contribution in [0.1, 0.15) is 43.9 Å². The molecule has 1 amide bonds. The maximum atomic E-state index is 12.3. The molecule has 202 valence electrons. The Kier molecular flexibility index (Phi) is 10.3. The van der Waals surface area contributed by atoms with Crippen molar-refractivity contribution < 1.29 is 42.9 Å². The number of Topliss-reactive ketones (excluding diaryl/α,β-unsaturated/α-hetero) is 2. The van der Waals surface area contributed by atoms with Crippen molar-refractivity contribution in [2.24, 2.45) is 0 Å². The number of ketones is 2. The van der Waals surface area contributed by atoms with Gasteiger partial charge in [-0.2, -0.15) is 0 Å². The second-order valence-corrected chi connectivity index (χ2v) is 8.17. The lowest BCUT2D eigenvalue weighted by Gasteiger charge is -2.08. The highest BCUT2D eigenvalue weighted by molar-refractivity contribution is 6.00. The van der Waals surface area contributed by atoms with Crippen molar-refractivity contribution in [2.75, 3.05) is 32.8 Å². The van der Waals surface area contributed by atoms with E-state index in [4.69, 9.17) is 18.9 Å². The van der Waals surface area contributed by atoms with Crippen LogP contribution in [-0.4, -0.2) is 56.8 Å². The number of hydrogen-bond acceptors (Lipinski definition) is 9. The molecule has 0 fully saturated rings. The lowest BCUT2D eigenvalue weighted by atomic mass is 10.1. The van der Waals surface area contributed by atoms with E-state index in [0.29, 0.717) is 28.3 Å². The summed E-state index contributed by atoms with van der Waals surface area (Å²) in [6, 6.07) is 18.7. The number of carbonyl (C=O) groups excluding carboxylic acids is 5. The summed E-state index contributed by atoms with van der Waals surface area (Å²) in [4.78, 5) is 60.8. The molecule has 0 aliphatic rings. The van der Waals surface area contributed by atoms with E-state index < -0.39 is 36.8 Å². The molecular weight excluding hydrogens is 506 g/mol. The normalized spacial score (nSPS) is 10.2. The molecule has 0 aliphatic carbocycles. The largest absolute Gasteiger partial charge is 0.497 e. The van der Waals surface area contributed by atoms with Crippen molar-refractivity contribution >= 4 is 35.1 Å². The van der Waals surface area contributed by atoms with E-state index in [9.17, 15) is 24.0 Å². The van der Waals surface area contributed by atoms with Crippen molar-refractivity contribution in [3.05, 3.63) is 89.5 Å². The molecule has 0 saturated carbocycles. The van der Waals surface area contributed by atoms with Gasteiger partial charge in [0.2, 0.25) is 5.91 Å². The summed E-state index contributed by atoms with van der Waals surface area (Å²) in [6.45, 7) is -0.873. The van der Waals surface area contributed by atoms with Gasteiger partial charge in [-0.15, -0.1) is 0 Å². The van der Waals surface area contributed by atoms with E-state index in [1.54, 1.807) is 42.5 Å². The summed E-state index contributed by atoms with van der Waals surface area (Å²) >= 11 is 0. The van der Waals surface area contributed by atoms with Gasteiger partial charge in [-0.1, -0.05) is 12.1 Å². The first-order valence-electron chi connectivity index (χ1n) is 11.9. The summed E-state index contributed by atoms with van der Waals surface area (Å²) < 4.78 is 20.1. The van der Waals surface area contributed by atoms with Gasteiger partial charge in [0.1, 0.15) is 11.5 Å². The van der Waals surface area contributed by atoms with E-state index in [-0.39, 0.29) is 24.2 Å². The molecular formula is C29H27NO9. The fraction of sp³-hybridized carbons (Fsp3) is 0.207. The number of benzene rings is 3. The van der Waals surface area contributed by atoms with Gasteiger partial charge in [0.05, 0.1) is 26.2 Å². The Hall–Kier alpha value is -4.99. The fourth-order valence-electron chi connectivity index (χ4n) is 3.30. The highest BCUT2D eigenvalue weighted by Gasteiger charge is 2.14. The number of anilines is 1. The lowest BCUT2D eigenvalue weighted by molar-refractivity contribution is -0.143. The molecule has 10 heteroatoms. The first-order chi connectivity index (χ1) is 18.8. The quantitative estimate of drug-likeness (QED) is 0.256. The van der Waals surface area contributed by atoms with Crippen LogP contribution in [0.3, 0.4) is 0 Å². The van der Waals surface area contributed by atoms with Gasteiger partial charge in [0.25, 0.3) is 0 Å². The third-order valence-electron chi connectivity index (χ3n) is 5.46. The lowest BCUT2D eigenvalue weighted by Crippen LogP contribution is -2.17. The third kappa shape index (κ3) is 8.81. The van der Waals surface area contributed by atoms with E-state index >= 15 is 0 Å².